The number of nitrogens with one attached hydrogen (secondary N) is 1. The number of rotatable bonds is 4. The number of amides is 1. The summed E-state index contributed by atoms with van der Waals surface area (Å²) < 4.78 is 10.3. The van der Waals surface area contributed by atoms with Gasteiger partial charge in [0, 0.05) is 17.6 Å². The van der Waals surface area contributed by atoms with Gasteiger partial charge in [0.15, 0.2) is 11.5 Å². The molecule has 0 aliphatic rings. The first-order valence-electron chi connectivity index (χ1n) is 6.25. The van der Waals surface area contributed by atoms with E-state index in [1.54, 1.807) is 24.3 Å². The monoisotopic (exact) mass is 302 g/mol. The van der Waals surface area contributed by atoms with Crippen LogP contribution in [0, 0.1) is 0 Å². The van der Waals surface area contributed by atoms with Crippen molar-refractivity contribution < 1.29 is 13.7 Å². The second kappa shape index (κ2) is 5.85. The Morgan fingerprint density at radius 1 is 1.19 bits per heavy atom. The van der Waals surface area contributed by atoms with Crippen molar-refractivity contribution in [1.82, 2.24) is 10.5 Å². The van der Waals surface area contributed by atoms with E-state index in [4.69, 9.17) is 20.5 Å². The highest BCUT2D eigenvalue weighted by Gasteiger charge is 2.14. The van der Waals surface area contributed by atoms with E-state index in [0.29, 0.717) is 23.1 Å². The molecule has 0 fully saturated rings. The van der Waals surface area contributed by atoms with Gasteiger partial charge in [0.25, 0.3) is 5.91 Å². The van der Waals surface area contributed by atoms with Crippen LogP contribution in [0.5, 0.6) is 0 Å². The normalized spacial score (nSPS) is 10.5. The summed E-state index contributed by atoms with van der Waals surface area (Å²) in [5.74, 6) is 0.612. The van der Waals surface area contributed by atoms with E-state index in [2.05, 4.69) is 10.5 Å². The fourth-order valence-corrected chi connectivity index (χ4v) is 2.05. The lowest BCUT2D eigenvalue weighted by Crippen LogP contribution is -2.22. The number of aromatic nitrogens is 1. The van der Waals surface area contributed by atoms with Gasteiger partial charge >= 0.3 is 0 Å². The summed E-state index contributed by atoms with van der Waals surface area (Å²) in [6.07, 6.45) is 1.52. The molecule has 21 heavy (non-hydrogen) atoms. The van der Waals surface area contributed by atoms with Gasteiger partial charge in [0.2, 0.25) is 5.76 Å². The first-order chi connectivity index (χ1) is 10.2. The van der Waals surface area contributed by atoms with Gasteiger partial charge in [0.1, 0.15) is 0 Å². The average molecular weight is 303 g/mol. The number of furan rings is 1. The highest BCUT2D eigenvalue weighted by molar-refractivity contribution is 6.30. The molecule has 0 saturated heterocycles. The number of hydrogen-bond donors (Lipinski definition) is 1. The topological polar surface area (TPSA) is 68.3 Å². The first kappa shape index (κ1) is 13.5. The Bertz CT molecular complexity index is 750. The predicted octanol–water partition coefficient (Wildman–Crippen LogP) is 3.52. The predicted molar refractivity (Wildman–Crippen MR) is 76.8 cm³/mol. The van der Waals surface area contributed by atoms with Gasteiger partial charge < -0.3 is 14.3 Å². The molecule has 0 aliphatic carbocycles. The molecule has 6 heteroatoms. The summed E-state index contributed by atoms with van der Waals surface area (Å²) >= 11 is 5.89. The summed E-state index contributed by atoms with van der Waals surface area (Å²) in [6.45, 7) is 0.363. The van der Waals surface area contributed by atoms with Crippen molar-refractivity contribution in [2.45, 2.75) is 6.54 Å². The third kappa shape index (κ3) is 3.14. The zero-order chi connectivity index (χ0) is 14.7. The van der Waals surface area contributed by atoms with E-state index in [1.807, 2.05) is 12.1 Å². The standard InChI is InChI=1S/C15H11ClN2O3/c16-11-4-1-3-10(7-11)9-17-15(19)12-8-14(21-18-12)13-5-2-6-20-13/h1-8H,9H2,(H,17,19). The third-order valence-corrected chi connectivity index (χ3v) is 3.08. The molecule has 5 nitrogen and oxygen atoms in total. The van der Waals surface area contributed by atoms with Crippen LogP contribution in [0.2, 0.25) is 5.02 Å². The van der Waals surface area contributed by atoms with Crippen molar-refractivity contribution in [3.63, 3.8) is 0 Å². The fourth-order valence-electron chi connectivity index (χ4n) is 1.84. The maximum atomic E-state index is 12.0. The average Bonchev–Trinajstić information content (AvgIpc) is 3.15. The van der Waals surface area contributed by atoms with Gasteiger partial charge in [0.05, 0.1) is 6.26 Å². The van der Waals surface area contributed by atoms with Crippen LogP contribution in [0.4, 0.5) is 0 Å². The van der Waals surface area contributed by atoms with E-state index in [9.17, 15) is 4.79 Å². The van der Waals surface area contributed by atoms with Crippen LogP contribution in [0.15, 0.2) is 57.7 Å². The minimum absolute atomic E-state index is 0.198. The van der Waals surface area contributed by atoms with E-state index in [-0.39, 0.29) is 11.6 Å². The molecule has 0 atom stereocenters. The highest BCUT2D eigenvalue weighted by Crippen LogP contribution is 2.20. The summed E-state index contributed by atoms with van der Waals surface area (Å²) in [6, 6.07) is 12.3. The van der Waals surface area contributed by atoms with Crippen molar-refractivity contribution >= 4 is 17.5 Å². The SMILES string of the molecule is O=C(NCc1cccc(Cl)c1)c1cc(-c2ccco2)on1. The first-order valence-corrected chi connectivity index (χ1v) is 6.63. The molecule has 0 saturated carbocycles. The Labute approximate surface area is 125 Å². The molecule has 3 rings (SSSR count). The molecule has 0 bridgehead atoms. The number of benzene rings is 1. The lowest BCUT2D eigenvalue weighted by atomic mass is 10.2. The number of carbonyl (C=O) groups excluding carboxylic acids is 1. The van der Waals surface area contributed by atoms with Crippen molar-refractivity contribution in [1.29, 1.82) is 0 Å². The van der Waals surface area contributed by atoms with Crippen molar-refractivity contribution in [2.75, 3.05) is 0 Å². The minimum atomic E-state index is -0.323. The molecular weight excluding hydrogens is 292 g/mol. The van der Waals surface area contributed by atoms with Gasteiger partial charge in [-0.15, -0.1) is 0 Å². The van der Waals surface area contributed by atoms with Crippen LogP contribution in [-0.4, -0.2) is 11.1 Å². The maximum Gasteiger partial charge on any atom is 0.273 e. The van der Waals surface area contributed by atoms with E-state index in [0.717, 1.165) is 5.56 Å². The Kier molecular flexibility index (Phi) is 3.75. The maximum absolute atomic E-state index is 12.0. The van der Waals surface area contributed by atoms with Gasteiger partial charge in [-0.2, -0.15) is 0 Å². The van der Waals surface area contributed by atoms with Crippen molar-refractivity contribution in [2.24, 2.45) is 0 Å². The highest BCUT2D eigenvalue weighted by atomic mass is 35.5. The quantitative estimate of drug-likeness (QED) is 0.800. The molecule has 1 N–H and O–H groups in total. The van der Waals surface area contributed by atoms with Crippen LogP contribution in [0.25, 0.3) is 11.5 Å². The minimum Gasteiger partial charge on any atom is -0.461 e. The largest absolute Gasteiger partial charge is 0.461 e. The molecule has 1 amide bonds. The zero-order valence-corrected chi connectivity index (χ0v) is 11.6. The van der Waals surface area contributed by atoms with Crippen LogP contribution < -0.4 is 5.32 Å². The number of nitrogens with zero attached hydrogens (tertiary/aromatic N) is 1. The van der Waals surface area contributed by atoms with Crippen molar-refractivity contribution in [3.8, 4) is 11.5 Å². The van der Waals surface area contributed by atoms with Crippen LogP contribution >= 0.6 is 11.6 Å². The Morgan fingerprint density at radius 2 is 2.10 bits per heavy atom. The van der Waals surface area contributed by atoms with Gasteiger partial charge in [-0.3, -0.25) is 4.79 Å². The van der Waals surface area contributed by atoms with Gasteiger partial charge in [-0.05, 0) is 29.8 Å². The Hall–Kier alpha value is -2.53. The summed E-state index contributed by atoms with van der Waals surface area (Å²) in [5, 5.41) is 7.11. The smallest absolute Gasteiger partial charge is 0.273 e. The molecule has 1 aromatic carbocycles. The number of hydrogen-bond acceptors (Lipinski definition) is 4. The van der Waals surface area contributed by atoms with Crippen molar-refractivity contribution in [3.05, 3.63) is 65.0 Å². The lowest BCUT2D eigenvalue weighted by molar-refractivity contribution is 0.0942. The van der Waals surface area contributed by atoms with E-state index in [1.165, 1.54) is 12.3 Å². The molecule has 2 aromatic heterocycles. The molecule has 3 aromatic rings. The molecule has 0 spiro atoms. The molecule has 0 radical (unpaired) electrons. The Morgan fingerprint density at radius 3 is 2.86 bits per heavy atom. The van der Waals surface area contributed by atoms with Crippen LogP contribution in [0.1, 0.15) is 16.1 Å². The zero-order valence-electron chi connectivity index (χ0n) is 10.9. The third-order valence-electron chi connectivity index (χ3n) is 2.85. The fraction of sp³-hybridized carbons (Fsp3) is 0.0667. The second-order valence-electron chi connectivity index (χ2n) is 4.37. The molecule has 0 aliphatic heterocycles. The molecule has 0 unspecified atom stereocenters. The van der Waals surface area contributed by atoms with Gasteiger partial charge in [-0.25, -0.2) is 0 Å². The molecule has 2 heterocycles. The second-order valence-corrected chi connectivity index (χ2v) is 4.80. The van der Waals surface area contributed by atoms with E-state index < -0.39 is 0 Å². The Balaban J connectivity index is 1.66. The summed E-state index contributed by atoms with van der Waals surface area (Å²) in [5.41, 5.74) is 1.11. The molecule has 106 valence electrons. The van der Waals surface area contributed by atoms with Crippen LogP contribution in [-0.2, 0) is 6.54 Å². The van der Waals surface area contributed by atoms with E-state index >= 15 is 0 Å². The van der Waals surface area contributed by atoms with Crippen LogP contribution in [0.3, 0.4) is 0 Å². The van der Waals surface area contributed by atoms with Gasteiger partial charge in [-0.1, -0.05) is 28.9 Å². The summed E-state index contributed by atoms with van der Waals surface area (Å²) in [7, 11) is 0. The number of halogens is 1. The lowest BCUT2D eigenvalue weighted by Gasteiger charge is -2.03. The molecular formula is C15H11ClN2O3. The number of carbonyl (C=O) groups is 1. The summed E-state index contributed by atoms with van der Waals surface area (Å²) in [4.78, 5) is 12.0.